The van der Waals surface area contributed by atoms with Crippen LogP contribution in [0, 0.1) is 0 Å². The third kappa shape index (κ3) is 3.52. The molecule has 4 heteroatoms. The summed E-state index contributed by atoms with van der Waals surface area (Å²) in [6.45, 7) is 1.71. The van der Waals surface area contributed by atoms with Gasteiger partial charge in [0.15, 0.2) is 0 Å². The van der Waals surface area contributed by atoms with Crippen molar-refractivity contribution in [3.05, 3.63) is 59.1 Å². The normalized spacial score (nSPS) is 10.2. The van der Waals surface area contributed by atoms with Gasteiger partial charge in [-0.1, -0.05) is 42.7 Å². The Balaban J connectivity index is 2.04. The fourth-order valence-corrected chi connectivity index (χ4v) is 1.87. The van der Waals surface area contributed by atoms with Crippen LogP contribution in [0.5, 0.6) is 5.75 Å². The Morgan fingerprint density at radius 2 is 1.94 bits per heavy atom. The number of ether oxygens (including phenoxy) is 1. The van der Waals surface area contributed by atoms with Crippen LogP contribution in [-0.2, 0) is 6.61 Å². The molecular weight excluding hydrogens is 246 g/mol. The fourth-order valence-electron chi connectivity index (χ4n) is 1.66. The predicted octanol–water partition coefficient (Wildman–Crippen LogP) is 2.74. The second kappa shape index (κ2) is 5.94. The van der Waals surface area contributed by atoms with Gasteiger partial charge in [0.25, 0.3) is 0 Å². The Kier molecular flexibility index (Phi) is 4.29. The summed E-state index contributed by atoms with van der Waals surface area (Å²) in [4.78, 5) is 0. The number of benzene rings is 2. The van der Waals surface area contributed by atoms with Gasteiger partial charge in [-0.15, -0.1) is 0 Å². The molecule has 0 saturated heterocycles. The Hall–Kier alpha value is -1.45. The van der Waals surface area contributed by atoms with Crippen LogP contribution in [0.4, 0.5) is 0 Å². The maximum absolute atomic E-state index is 9.50. The van der Waals surface area contributed by atoms with E-state index in [9.17, 15) is 5.02 Å². The molecule has 0 amide bonds. The van der Waals surface area contributed by atoms with Crippen molar-refractivity contribution in [3.63, 3.8) is 0 Å². The highest BCUT2D eigenvalue weighted by atomic mass is 35.5. The first-order chi connectivity index (χ1) is 8.65. The largest absolute Gasteiger partial charge is 0.489 e. The van der Waals surface area contributed by atoms with Crippen LogP contribution >= 0.6 is 11.6 Å². The van der Waals surface area contributed by atoms with E-state index in [-0.39, 0.29) is 0 Å². The summed E-state index contributed by atoms with van der Waals surface area (Å²) in [5.41, 5.74) is 1.86. The second-order valence-corrected chi connectivity index (χ2v) is 4.60. The highest BCUT2D eigenvalue weighted by Gasteiger charge is 2.07. The maximum atomic E-state index is 9.50. The summed E-state index contributed by atoms with van der Waals surface area (Å²) in [5.74, 6) is 0.744. The van der Waals surface area contributed by atoms with Gasteiger partial charge in [-0.25, -0.2) is 0 Å². The maximum Gasteiger partial charge on any atom is 0.320 e. The average molecular weight is 261 g/mol. The lowest BCUT2D eigenvalue weighted by Crippen LogP contribution is -2.25. The van der Waals surface area contributed by atoms with E-state index in [1.807, 2.05) is 48.5 Å². The van der Waals surface area contributed by atoms with Crippen molar-refractivity contribution in [1.29, 1.82) is 0 Å². The molecule has 0 saturated carbocycles. The molecule has 1 N–H and O–H groups in total. The molecular formula is C14H14BClO2. The predicted molar refractivity (Wildman–Crippen MR) is 75.7 cm³/mol. The minimum Gasteiger partial charge on any atom is -0.489 e. The van der Waals surface area contributed by atoms with Crippen LogP contribution in [0.25, 0.3) is 0 Å². The van der Waals surface area contributed by atoms with Crippen LogP contribution < -0.4 is 10.2 Å². The summed E-state index contributed by atoms with van der Waals surface area (Å²) in [6.07, 6.45) is 0. The van der Waals surface area contributed by atoms with Gasteiger partial charge in [0, 0.05) is 5.02 Å². The summed E-state index contributed by atoms with van der Waals surface area (Å²) < 4.78 is 5.67. The van der Waals surface area contributed by atoms with Crippen LogP contribution in [0.3, 0.4) is 0 Å². The van der Waals surface area contributed by atoms with E-state index in [1.54, 1.807) is 6.82 Å². The zero-order valence-corrected chi connectivity index (χ0v) is 10.9. The molecule has 92 valence electrons. The van der Waals surface area contributed by atoms with E-state index in [1.165, 1.54) is 0 Å². The van der Waals surface area contributed by atoms with Crippen LogP contribution in [-0.4, -0.2) is 11.9 Å². The zero-order chi connectivity index (χ0) is 13.0. The molecule has 2 nitrogen and oxygen atoms in total. The summed E-state index contributed by atoms with van der Waals surface area (Å²) in [7, 11) is 0. The van der Waals surface area contributed by atoms with Gasteiger partial charge in [0.1, 0.15) is 12.4 Å². The zero-order valence-electron chi connectivity index (χ0n) is 10.1. The van der Waals surface area contributed by atoms with Crippen molar-refractivity contribution in [2.24, 2.45) is 0 Å². The van der Waals surface area contributed by atoms with Gasteiger partial charge in [-0.05, 0) is 35.3 Å². The molecule has 0 spiro atoms. The van der Waals surface area contributed by atoms with Crippen LogP contribution in [0.15, 0.2) is 48.5 Å². The quantitative estimate of drug-likeness (QED) is 0.857. The minimum absolute atomic E-state index is 0.462. The molecule has 0 unspecified atom stereocenters. The fraction of sp³-hybridized carbons (Fsp3) is 0.143. The standard InChI is InChI=1S/C14H14BClO2/c1-15(17)12-5-3-7-14(9-12)18-10-11-4-2-6-13(16)8-11/h2-9,17H,10H2,1H3. The SMILES string of the molecule is CB(O)c1cccc(OCc2cccc(Cl)c2)c1. The third-order valence-electron chi connectivity index (χ3n) is 2.64. The minimum atomic E-state index is -0.486. The van der Waals surface area contributed by atoms with Crippen LogP contribution in [0.1, 0.15) is 5.56 Å². The molecule has 0 radical (unpaired) electrons. The van der Waals surface area contributed by atoms with E-state index < -0.39 is 6.92 Å². The van der Waals surface area contributed by atoms with Gasteiger partial charge in [0.2, 0.25) is 0 Å². The smallest absolute Gasteiger partial charge is 0.320 e. The molecule has 0 bridgehead atoms. The van der Waals surface area contributed by atoms with Crippen molar-refractivity contribution in [3.8, 4) is 5.75 Å². The topological polar surface area (TPSA) is 29.5 Å². The van der Waals surface area contributed by atoms with Crippen molar-refractivity contribution >= 4 is 24.0 Å². The lowest BCUT2D eigenvalue weighted by atomic mass is 9.64. The summed E-state index contributed by atoms with van der Waals surface area (Å²) in [5, 5.41) is 10.2. The second-order valence-electron chi connectivity index (χ2n) is 4.17. The van der Waals surface area contributed by atoms with Crippen LogP contribution in [0.2, 0.25) is 11.8 Å². The van der Waals surface area contributed by atoms with E-state index >= 15 is 0 Å². The Labute approximate surface area is 112 Å². The highest BCUT2D eigenvalue weighted by molar-refractivity contribution is 6.64. The first kappa shape index (κ1) is 13.0. The first-order valence-electron chi connectivity index (χ1n) is 5.80. The van der Waals surface area contributed by atoms with Crippen molar-refractivity contribution in [2.45, 2.75) is 13.4 Å². The number of hydrogen-bond acceptors (Lipinski definition) is 2. The van der Waals surface area contributed by atoms with E-state index in [2.05, 4.69) is 0 Å². The number of hydrogen-bond donors (Lipinski definition) is 1. The van der Waals surface area contributed by atoms with E-state index in [4.69, 9.17) is 16.3 Å². The first-order valence-corrected chi connectivity index (χ1v) is 6.18. The number of halogens is 1. The third-order valence-corrected chi connectivity index (χ3v) is 2.87. The highest BCUT2D eigenvalue weighted by Crippen LogP contribution is 2.14. The molecule has 0 atom stereocenters. The van der Waals surface area contributed by atoms with Crippen molar-refractivity contribution < 1.29 is 9.76 Å². The average Bonchev–Trinajstić information content (AvgIpc) is 2.37. The molecule has 0 fully saturated rings. The van der Waals surface area contributed by atoms with E-state index in [0.717, 1.165) is 16.8 Å². The van der Waals surface area contributed by atoms with Crippen molar-refractivity contribution in [2.75, 3.05) is 0 Å². The molecule has 2 aromatic rings. The summed E-state index contributed by atoms with van der Waals surface area (Å²) in [6, 6.07) is 15.0. The Morgan fingerprint density at radius 3 is 2.67 bits per heavy atom. The van der Waals surface area contributed by atoms with Crippen molar-refractivity contribution in [1.82, 2.24) is 0 Å². The molecule has 0 heterocycles. The lowest BCUT2D eigenvalue weighted by Gasteiger charge is -2.08. The van der Waals surface area contributed by atoms with Gasteiger partial charge >= 0.3 is 6.92 Å². The Bertz CT molecular complexity index is 529. The molecule has 0 aliphatic rings. The molecule has 2 aromatic carbocycles. The number of rotatable bonds is 4. The van der Waals surface area contributed by atoms with Gasteiger partial charge in [-0.2, -0.15) is 0 Å². The van der Waals surface area contributed by atoms with Gasteiger partial charge < -0.3 is 9.76 Å². The van der Waals surface area contributed by atoms with E-state index in [0.29, 0.717) is 11.6 Å². The summed E-state index contributed by atoms with van der Waals surface area (Å²) >= 11 is 5.90. The molecule has 0 aromatic heterocycles. The Morgan fingerprint density at radius 1 is 1.17 bits per heavy atom. The molecule has 0 aliphatic heterocycles. The molecule has 2 rings (SSSR count). The molecule has 0 aliphatic carbocycles. The van der Waals surface area contributed by atoms with Gasteiger partial charge in [-0.3, -0.25) is 0 Å². The van der Waals surface area contributed by atoms with Gasteiger partial charge in [0.05, 0.1) is 0 Å². The monoisotopic (exact) mass is 260 g/mol. The lowest BCUT2D eigenvalue weighted by molar-refractivity contribution is 0.306. The molecule has 18 heavy (non-hydrogen) atoms.